The van der Waals surface area contributed by atoms with Gasteiger partial charge in [0.05, 0.1) is 0 Å². The molecule has 3 amide bonds. The Morgan fingerprint density at radius 1 is 1.29 bits per heavy atom. The normalized spacial score (nSPS) is 23.1. The van der Waals surface area contributed by atoms with E-state index in [1.54, 1.807) is 5.32 Å². The van der Waals surface area contributed by atoms with Crippen molar-refractivity contribution in [3.05, 3.63) is 0 Å². The third kappa shape index (κ3) is 4.92. The molecule has 0 bridgehead atoms. The standard InChI is InChI=1S/C10H11Cl2F3N2O4/c1-8(3-9(8,11)12)6(19)21-2-5(18)17-7(20)16-4-10(13,14)15/h2-4H2,1H3,(H2,16,17,18,20). The molecule has 1 aliphatic carbocycles. The van der Waals surface area contributed by atoms with Crippen molar-refractivity contribution in [3.8, 4) is 0 Å². The first-order chi connectivity index (χ1) is 9.37. The highest BCUT2D eigenvalue weighted by atomic mass is 35.5. The number of halogens is 5. The topological polar surface area (TPSA) is 84.5 Å². The van der Waals surface area contributed by atoms with Gasteiger partial charge >= 0.3 is 18.2 Å². The Balaban J connectivity index is 2.29. The molecule has 21 heavy (non-hydrogen) atoms. The van der Waals surface area contributed by atoms with Crippen LogP contribution in [-0.2, 0) is 14.3 Å². The number of esters is 1. The lowest BCUT2D eigenvalue weighted by Gasteiger charge is -2.12. The first kappa shape index (κ1) is 17.8. The number of hydrogen-bond acceptors (Lipinski definition) is 4. The van der Waals surface area contributed by atoms with Crippen LogP contribution in [0.15, 0.2) is 0 Å². The summed E-state index contributed by atoms with van der Waals surface area (Å²) in [6.07, 6.45) is -4.45. The minimum atomic E-state index is -4.60. The molecule has 11 heteroatoms. The van der Waals surface area contributed by atoms with Crippen molar-refractivity contribution < 1.29 is 32.3 Å². The summed E-state index contributed by atoms with van der Waals surface area (Å²) >= 11 is 11.4. The van der Waals surface area contributed by atoms with Crippen molar-refractivity contribution in [3.63, 3.8) is 0 Å². The summed E-state index contributed by atoms with van der Waals surface area (Å²) in [5.74, 6) is -1.92. The van der Waals surface area contributed by atoms with Crippen molar-refractivity contribution in [1.82, 2.24) is 10.6 Å². The second-order valence-electron chi connectivity index (χ2n) is 4.64. The van der Waals surface area contributed by atoms with Gasteiger partial charge in [-0.2, -0.15) is 13.2 Å². The van der Waals surface area contributed by atoms with Crippen LogP contribution in [0.4, 0.5) is 18.0 Å². The molecule has 1 atom stereocenters. The van der Waals surface area contributed by atoms with Crippen molar-refractivity contribution in [2.24, 2.45) is 5.41 Å². The molecule has 0 aliphatic heterocycles. The highest BCUT2D eigenvalue weighted by molar-refractivity contribution is 6.53. The molecule has 0 aromatic carbocycles. The van der Waals surface area contributed by atoms with Crippen LogP contribution >= 0.6 is 23.2 Å². The zero-order chi connectivity index (χ0) is 16.5. The van der Waals surface area contributed by atoms with Gasteiger partial charge in [0.25, 0.3) is 5.91 Å². The van der Waals surface area contributed by atoms with E-state index in [4.69, 9.17) is 23.2 Å². The molecular weight excluding hydrogens is 340 g/mol. The minimum absolute atomic E-state index is 0.148. The van der Waals surface area contributed by atoms with Crippen LogP contribution in [0.2, 0.25) is 0 Å². The fraction of sp³-hybridized carbons (Fsp3) is 0.700. The number of carbonyl (C=O) groups is 3. The lowest BCUT2D eigenvalue weighted by atomic mass is 10.1. The summed E-state index contributed by atoms with van der Waals surface area (Å²) in [5.41, 5.74) is -1.14. The van der Waals surface area contributed by atoms with Gasteiger partial charge in [-0.05, 0) is 6.92 Å². The van der Waals surface area contributed by atoms with Crippen molar-refractivity contribution in [1.29, 1.82) is 0 Å². The monoisotopic (exact) mass is 350 g/mol. The lowest BCUT2D eigenvalue weighted by Crippen LogP contribution is -2.44. The Labute approximate surface area is 127 Å². The summed E-state index contributed by atoms with van der Waals surface area (Å²) in [6.45, 7) is -0.994. The molecule has 1 unspecified atom stereocenters. The summed E-state index contributed by atoms with van der Waals surface area (Å²) in [4.78, 5) is 33.7. The SMILES string of the molecule is CC1(C(=O)OCC(=O)NC(=O)NCC(F)(F)F)CC1(Cl)Cl. The molecule has 1 aliphatic rings. The Morgan fingerprint density at radius 3 is 2.24 bits per heavy atom. The van der Waals surface area contributed by atoms with Gasteiger partial charge in [-0.25, -0.2) is 4.79 Å². The minimum Gasteiger partial charge on any atom is -0.455 e. The van der Waals surface area contributed by atoms with Gasteiger partial charge in [-0.1, -0.05) is 0 Å². The van der Waals surface area contributed by atoms with Crippen LogP contribution in [0.1, 0.15) is 13.3 Å². The van der Waals surface area contributed by atoms with Crippen molar-refractivity contribution in [2.45, 2.75) is 23.9 Å². The number of hydrogen-bond donors (Lipinski definition) is 2. The van der Waals surface area contributed by atoms with E-state index in [0.717, 1.165) is 0 Å². The van der Waals surface area contributed by atoms with Crippen molar-refractivity contribution >= 4 is 41.1 Å². The predicted octanol–water partition coefficient (Wildman–Crippen LogP) is 1.50. The summed E-state index contributed by atoms with van der Waals surface area (Å²) in [6, 6.07) is -1.35. The molecule has 6 nitrogen and oxygen atoms in total. The van der Waals surface area contributed by atoms with Gasteiger partial charge < -0.3 is 10.1 Å². The van der Waals surface area contributed by atoms with Gasteiger partial charge in [0.15, 0.2) is 6.61 Å². The van der Waals surface area contributed by atoms with Crippen LogP contribution in [-0.4, -0.2) is 41.6 Å². The fourth-order valence-electron chi connectivity index (χ4n) is 1.30. The third-order valence-corrected chi connectivity index (χ3v) is 3.85. The first-order valence-electron chi connectivity index (χ1n) is 5.57. The van der Waals surface area contributed by atoms with E-state index in [1.165, 1.54) is 12.2 Å². The molecular formula is C10H11Cl2F3N2O4. The molecule has 2 N–H and O–H groups in total. The van der Waals surface area contributed by atoms with E-state index in [9.17, 15) is 27.6 Å². The van der Waals surface area contributed by atoms with Crippen molar-refractivity contribution in [2.75, 3.05) is 13.2 Å². The second-order valence-corrected chi connectivity index (χ2v) is 6.12. The van der Waals surface area contributed by atoms with E-state index in [-0.39, 0.29) is 6.42 Å². The van der Waals surface area contributed by atoms with E-state index >= 15 is 0 Å². The molecule has 0 radical (unpaired) electrons. The largest absolute Gasteiger partial charge is 0.455 e. The Bertz CT molecular complexity index is 470. The third-order valence-electron chi connectivity index (χ3n) is 2.75. The zero-order valence-electron chi connectivity index (χ0n) is 10.6. The predicted molar refractivity (Wildman–Crippen MR) is 65.7 cm³/mol. The van der Waals surface area contributed by atoms with Crippen LogP contribution < -0.4 is 10.6 Å². The van der Waals surface area contributed by atoms with Gasteiger partial charge in [0, 0.05) is 6.42 Å². The number of nitrogens with one attached hydrogen (secondary N) is 2. The van der Waals surface area contributed by atoms with E-state index in [1.807, 2.05) is 0 Å². The zero-order valence-corrected chi connectivity index (χ0v) is 12.2. The van der Waals surface area contributed by atoms with E-state index in [0.29, 0.717) is 0 Å². The average molecular weight is 351 g/mol. The smallest absolute Gasteiger partial charge is 0.405 e. The Morgan fingerprint density at radius 2 is 1.81 bits per heavy atom. The quantitative estimate of drug-likeness (QED) is 0.594. The maximum Gasteiger partial charge on any atom is 0.405 e. The summed E-state index contributed by atoms with van der Waals surface area (Å²) in [5, 5.41) is 2.99. The average Bonchev–Trinajstić information content (AvgIpc) is 2.83. The molecule has 120 valence electrons. The number of amides is 3. The second kappa shape index (κ2) is 5.88. The van der Waals surface area contributed by atoms with Crippen LogP contribution in [0.5, 0.6) is 0 Å². The number of carbonyl (C=O) groups excluding carboxylic acids is 3. The van der Waals surface area contributed by atoms with Gasteiger partial charge in [-0.15, -0.1) is 23.2 Å². The molecule has 0 saturated heterocycles. The number of urea groups is 1. The van der Waals surface area contributed by atoms with Crippen LogP contribution in [0.25, 0.3) is 0 Å². The van der Waals surface area contributed by atoms with Gasteiger partial charge in [0.2, 0.25) is 0 Å². The van der Waals surface area contributed by atoms with E-state index < -0.39 is 47.0 Å². The lowest BCUT2D eigenvalue weighted by molar-refractivity contribution is -0.153. The molecule has 1 fully saturated rings. The highest BCUT2D eigenvalue weighted by Gasteiger charge is 2.69. The number of rotatable bonds is 4. The number of imide groups is 1. The molecule has 0 spiro atoms. The maximum atomic E-state index is 11.8. The maximum absolute atomic E-state index is 11.8. The van der Waals surface area contributed by atoms with Crippen LogP contribution in [0.3, 0.4) is 0 Å². The summed E-state index contributed by atoms with van der Waals surface area (Å²) < 4.78 is 38.7. The van der Waals surface area contributed by atoms with E-state index in [2.05, 4.69) is 4.74 Å². The molecule has 1 saturated carbocycles. The number of ether oxygens (including phenoxy) is 1. The van der Waals surface area contributed by atoms with Gasteiger partial charge in [-0.3, -0.25) is 14.9 Å². The molecule has 0 aromatic rings. The fourth-order valence-corrected chi connectivity index (χ4v) is 1.99. The highest BCUT2D eigenvalue weighted by Crippen LogP contribution is 2.64. The van der Waals surface area contributed by atoms with Crippen LogP contribution in [0, 0.1) is 5.41 Å². The first-order valence-corrected chi connectivity index (χ1v) is 6.32. The molecule has 0 heterocycles. The Kier molecular flexibility index (Phi) is 4.99. The number of alkyl halides is 5. The molecule has 1 rings (SSSR count). The Hall–Kier alpha value is -1.22. The molecule has 0 aromatic heterocycles. The summed E-state index contributed by atoms with van der Waals surface area (Å²) in [7, 11) is 0. The van der Waals surface area contributed by atoms with Gasteiger partial charge in [0.1, 0.15) is 16.3 Å².